The second-order valence-corrected chi connectivity index (χ2v) is 6.18. The molecule has 2 saturated heterocycles. The maximum Gasteiger partial charge on any atom is 0.237 e. The van der Waals surface area contributed by atoms with E-state index >= 15 is 0 Å². The Bertz CT molecular complexity index is 353. The molecule has 2 fully saturated rings. The third-order valence-corrected chi connectivity index (χ3v) is 4.27. The Labute approximate surface area is 128 Å². The van der Waals surface area contributed by atoms with Gasteiger partial charge in [0.25, 0.3) is 0 Å². The van der Waals surface area contributed by atoms with E-state index in [1.807, 2.05) is 6.92 Å². The van der Waals surface area contributed by atoms with Crippen LogP contribution in [0.15, 0.2) is 12.2 Å². The highest BCUT2D eigenvalue weighted by molar-refractivity contribution is 5.82. The van der Waals surface area contributed by atoms with Crippen LogP contribution in [0, 0.1) is 0 Å². The minimum absolute atomic E-state index is 0.0641. The quantitative estimate of drug-likeness (QED) is 0.541. The zero-order valence-electron chi connectivity index (χ0n) is 13.2. The van der Waals surface area contributed by atoms with E-state index in [1.165, 1.54) is 0 Å². The van der Waals surface area contributed by atoms with Crippen LogP contribution in [0.1, 0.15) is 32.6 Å². The highest BCUT2D eigenvalue weighted by atomic mass is 16.5. The lowest BCUT2D eigenvalue weighted by Gasteiger charge is -2.35. The minimum Gasteiger partial charge on any atom is -0.375 e. The summed E-state index contributed by atoms with van der Waals surface area (Å²) in [5, 5.41) is 6.41. The molecule has 0 bridgehead atoms. The first kappa shape index (κ1) is 16.5. The van der Waals surface area contributed by atoms with Gasteiger partial charge in [0.2, 0.25) is 5.91 Å². The van der Waals surface area contributed by atoms with Gasteiger partial charge in [-0.3, -0.25) is 9.69 Å². The molecule has 2 aliphatic rings. The molecule has 1 atom stereocenters. The molecule has 0 saturated carbocycles. The SMILES string of the molecule is C=C(C)COCCNC(=O)C1CCCN1C1CCNCC1. The molecule has 5 heteroatoms. The number of nitrogens with one attached hydrogen (secondary N) is 2. The summed E-state index contributed by atoms with van der Waals surface area (Å²) in [6.45, 7) is 10.6. The van der Waals surface area contributed by atoms with Gasteiger partial charge in [-0.25, -0.2) is 0 Å². The first-order valence-corrected chi connectivity index (χ1v) is 8.15. The van der Waals surface area contributed by atoms with Crippen LogP contribution in [0.2, 0.25) is 0 Å². The van der Waals surface area contributed by atoms with Crippen LogP contribution in [0.5, 0.6) is 0 Å². The van der Waals surface area contributed by atoms with Gasteiger partial charge in [0, 0.05) is 12.6 Å². The van der Waals surface area contributed by atoms with Crippen molar-refractivity contribution in [2.45, 2.75) is 44.7 Å². The van der Waals surface area contributed by atoms with E-state index in [0.29, 0.717) is 25.8 Å². The fourth-order valence-electron chi connectivity index (χ4n) is 3.26. The predicted molar refractivity (Wildman–Crippen MR) is 84.3 cm³/mol. The van der Waals surface area contributed by atoms with Crippen LogP contribution in [-0.4, -0.2) is 62.3 Å². The van der Waals surface area contributed by atoms with Gasteiger partial charge in [-0.05, 0) is 52.2 Å². The zero-order valence-corrected chi connectivity index (χ0v) is 13.2. The molecule has 0 aliphatic carbocycles. The molecule has 120 valence electrons. The standard InChI is InChI=1S/C16H29N3O2/c1-13(2)12-21-11-9-18-16(20)15-4-3-10-19(15)14-5-7-17-8-6-14/h14-15,17H,1,3-12H2,2H3,(H,18,20). The second-order valence-electron chi connectivity index (χ2n) is 6.18. The maximum absolute atomic E-state index is 12.4. The summed E-state index contributed by atoms with van der Waals surface area (Å²) < 4.78 is 5.42. The molecule has 2 aliphatic heterocycles. The number of ether oxygens (including phenoxy) is 1. The fourth-order valence-corrected chi connectivity index (χ4v) is 3.26. The van der Waals surface area contributed by atoms with Crippen LogP contribution >= 0.6 is 0 Å². The molecule has 2 rings (SSSR count). The number of likely N-dealkylation sites (tertiary alicyclic amines) is 1. The summed E-state index contributed by atoms with van der Waals surface area (Å²) in [5.74, 6) is 0.171. The van der Waals surface area contributed by atoms with E-state index in [-0.39, 0.29) is 11.9 Å². The Balaban J connectivity index is 1.71. The Morgan fingerprint density at radius 1 is 1.38 bits per heavy atom. The second kappa shape index (κ2) is 8.51. The maximum atomic E-state index is 12.4. The molecule has 5 nitrogen and oxygen atoms in total. The summed E-state index contributed by atoms with van der Waals surface area (Å²) in [4.78, 5) is 14.8. The molecule has 0 aromatic rings. The van der Waals surface area contributed by atoms with Gasteiger partial charge in [-0.2, -0.15) is 0 Å². The van der Waals surface area contributed by atoms with Crippen LogP contribution in [0.25, 0.3) is 0 Å². The third-order valence-electron chi connectivity index (χ3n) is 4.27. The van der Waals surface area contributed by atoms with Gasteiger partial charge in [-0.1, -0.05) is 12.2 Å². The average Bonchev–Trinajstić information content (AvgIpc) is 2.97. The van der Waals surface area contributed by atoms with Crippen molar-refractivity contribution in [1.29, 1.82) is 0 Å². The Kier molecular flexibility index (Phi) is 6.67. The monoisotopic (exact) mass is 295 g/mol. The number of carbonyl (C=O) groups excluding carboxylic acids is 1. The van der Waals surface area contributed by atoms with E-state index in [9.17, 15) is 4.79 Å². The average molecular weight is 295 g/mol. The normalized spacial score (nSPS) is 24.1. The van der Waals surface area contributed by atoms with Crippen molar-refractivity contribution < 1.29 is 9.53 Å². The van der Waals surface area contributed by atoms with Crippen molar-refractivity contribution in [3.63, 3.8) is 0 Å². The molecule has 2 N–H and O–H groups in total. The fraction of sp³-hybridized carbons (Fsp3) is 0.812. The van der Waals surface area contributed by atoms with E-state index in [4.69, 9.17) is 4.74 Å². The molecular weight excluding hydrogens is 266 g/mol. The van der Waals surface area contributed by atoms with Gasteiger partial charge >= 0.3 is 0 Å². The van der Waals surface area contributed by atoms with Crippen LogP contribution in [0.4, 0.5) is 0 Å². The molecule has 2 heterocycles. The molecule has 21 heavy (non-hydrogen) atoms. The minimum atomic E-state index is 0.0641. The van der Waals surface area contributed by atoms with Crippen molar-refractivity contribution in [2.75, 3.05) is 39.4 Å². The van der Waals surface area contributed by atoms with E-state index < -0.39 is 0 Å². The van der Waals surface area contributed by atoms with Gasteiger partial charge in [-0.15, -0.1) is 0 Å². The topological polar surface area (TPSA) is 53.6 Å². The van der Waals surface area contributed by atoms with Crippen molar-refractivity contribution >= 4 is 5.91 Å². The smallest absolute Gasteiger partial charge is 0.237 e. The number of hydrogen-bond donors (Lipinski definition) is 2. The first-order valence-electron chi connectivity index (χ1n) is 8.15. The van der Waals surface area contributed by atoms with Gasteiger partial charge in [0.1, 0.15) is 0 Å². The van der Waals surface area contributed by atoms with Crippen LogP contribution in [-0.2, 0) is 9.53 Å². The van der Waals surface area contributed by atoms with Gasteiger partial charge < -0.3 is 15.4 Å². The molecule has 0 aromatic carbocycles. The summed E-state index contributed by atoms with van der Waals surface area (Å²) in [7, 11) is 0. The largest absolute Gasteiger partial charge is 0.375 e. The molecule has 0 aromatic heterocycles. The Morgan fingerprint density at radius 3 is 2.86 bits per heavy atom. The predicted octanol–water partition coefficient (Wildman–Crippen LogP) is 0.912. The lowest BCUT2D eigenvalue weighted by Crippen LogP contribution is -2.51. The van der Waals surface area contributed by atoms with Crippen LogP contribution in [0.3, 0.4) is 0 Å². The summed E-state index contributed by atoms with van der Waals surface area (Å²) in [5.41, 5.74) is 1.01. The molecular formula is C16H29N3O2. The highest BCUT2D eigenvalue weighted by Gasteiger charge is 2.35. The van der Waals surface area contributed by atoms with E-state index in [2.05, 4.69) is 22.1 Å². The number of nitrogens with zero attached hydrogens (tertiary/aromatic N) is 1. The van der Waals surface area contributed by atoms with Gasteiger partial charge in [0.05, 0.1) is 19.3 Å². The van der Waals surface area contributed by atoms with Crippen molar-refractivity contribution in [1.82, 2.24) is 15.5 Å². The number of carbonyl (C=O) groups is 1. The van der Waals surface area contributed by atoms with E-state index in [1.54, 1.807) is 0 Å². The zero-order chi connectivity index (χ0) is 15.1. The highest BCUT2D eigenvalue weighted by Crippen LogP contribution is 2.24. The summed E-state index contributed by atoms with van der Waals surface area (Å²) in [6, 6.07) is 0.637. The first-order chi connectivity index (χ1) is 10.2. The van der Waals surface area contributed by atoms with Crippen molar-refractivity contribution in [3.05, 3.63) is 12.2 Å². The van der Waals surface area contributed by atoms with E-state index in [0.717, 1.165) is 50.9 Å². The molecule has 0 spiro atoms. The third kappa shape index (κ3) is 5.09. The summed E-state index contributed by atoms with van der Waals surface area (Å²) in [6.07, 6.45) is 4.44. The number of hydrogen-bond acceptors (Lipinski definition) is 4. The number of rotatable bonds is 7. The summed E-state index contributed by atoms with van der Waals surface area (Å²) >= 11 is 0. The van der Waals surface area contributed by atoms with Crippen molar-refractivity contribution in [3.8, 4) is 0 Å². The molecule has 1 unspecified atom stereocenters. The van der Waals surface area contributed by atoms with Crippen LogP contribution < -0.4 is 10.6 Å². The lowest BCUT2D eigenvalue weighted by molar-refractivity contribution is -0.126. The van der Waals surface area contributed by atoms with Gasteiger partial charge in [0.15, 0.2) is 0 Å². The number of amides is 1. The lowest BCUT2D eigenvalue weighted by atomic mass is 10.0. The number of piperidine rings is 1. The Hall–Kier alpha value is -0.910. The molecule has 1 amide bonds. The molecule has 0 radical (unpaired) electrons. The Morgan fingerprint density at radius 2 is 2.14 bits per heavy atom. The van der Waals surface area contributed by atoms with Crippen molar-refractivity contribution in [2.24, 2.45) is 0 Å².